The van der Waals surface area contributed by atoms with Crippen molar-refractivity contribution in [2.75, 3.05) is 11.9 Å². The van der Waals surface area contributed by atoms with Gasteiger partial charge in [0.05, 0.1) is 30.4 Å². The van der Waals surface area contributed by atoms with Crippen molar-refractivity contribution in [3.05, 3.63) is 54.9 Å². The third-order valence-electron chi connectivity index (χ3n) is 3.76. The number of benzene rings is 2. The van der Waals surface area contributed by atoms with Crippen molar-refractivity contribution in [3.8, 4) is 5.75 Å². The van der Waals surface area contributed by atoms with Crippen LogP contribution in [-0.2, 0) is 4.79 Å². The third-order valence-corrected chi connectivity index (χ3v) is 3.76. The lowest BCUT2D eigenvalue weighted by Gasteiger charge is -2.09. The van der Waals surface area contributed by atoms with Gasteiger partial charge < -0.3 is 14.6 Å². The van der Waals surface area contributed by atoms with E-state index >= 15 is 0 Å². The van der Waals surface area contributed by atoms with Gasteiger partial charge in [-0.1, -0.05) is 18.2 Å². The van der Waals surface area contributed by atoms with Gasteiger partial charge in [-0.25, -0.2) is 4.98 Å². The molecule has 0 spiro atoms. The van der Waals surface area contributed by atoms with Crippen molar-refractivity contribution < 1.29 is 9.53 Å². The van der Waals surface area contributed by atoms with E-state index in [1.54, 1.807) is 0 Å². The van der Waals surface area contributed by atoms with E-state index in [-0.39, 0.29) is 5.91 Å². The van der Waals surface area contributed by atoms with Crippen molar-refractivity contribution in [3.63, 3.8) is 0 Å². The Kier molecular flexibility index (Phi) is 4.79. The highest BCUT2D eigenvalue weighted by Crippen LogP contribution is 2.21. The number of nitrogens with zero attached hydrogens (tertiary/aromatic N) is 2. The SMILES string of the molecule is CC(C)n1cnc2cc(NC(=O)CCOc3ccccc3)ccc21. The van der Waals surface area contributed by atoms with Crippen LogP contribution in [0.5, 0.6) is 5.75 Å². The van der Waals surface area contributed by atoms with E-state index < -0.39 is 0 Å². The predicted molar refractivity (Wildman–Crippen MR) is 95.3 cm³/mol. The number of anilines is 1. The molecular weight excluding hydrogens is 302 g/mol. The van der Waals surface area contributed by atoms with Crippen LogP contribution in [0.3, 0.4) is 0 Å². The van der Waals surface area contributed by atoms with E-state index in [2.05, 4.69) is 28.7 Å². The molecule has 0 saturated carbocycles. The van der Waals surface area contributed by atoms with Crippen LogP contribution in [0.1, 0.15) is 26.3 Å². The Morgan fingerprint density at radius 3 is 2.75 bits per heavy atom. The number of carbonyl (C=O) groups excluding carboxylic acids is 1. The molecule has 5 nitrogen and oxygen atoms in total. The lowest BCUT2D eigenvalue weighted by atomic mass is 10.2. The molecule has 0 unspecified atom stereocenters. The molecule has 124 valence electrons. The number of hydrogen-bond acceptors (Lipinski definition) is 3. The first kappa shape index (κ1) is 16.1. The summed E-state index contributed by atoms with van der Waals surface area (Å²) < 4.78 is 7.64. The summed E-state index contributed by atoms with van der Waals surface area (Å²) >= 11 is 0. The van der Waals surface area contributed by atoms with E-state index in [0.29, 0.717) is 19.1 Å². The maximum atomic E-state index is 12.0. The molecule has 2 aromatic carbocycles. The number of fused-ring (bicyclic) bond motifs is 1. The molecule has 0 aliphatic heterocycles. The van der Waals surface area contributed by atoms with Gasteiger partial charge in [0.1, 0.15) is 5.75 Å². The van der Waals surface area contributed by atoms with Crippen LogP contribution in [0, 0.1) is 0 Å². The van der Waals surface area contributed by atoms with Crippen LogP contribution in [0.15, 0.2) is 54.9 Å². The molecule has 0 atom stereocenters. The average molecular weight is 323 g/mol. The van der Waals surface area contributed by atoms with Gasteiger partial charge in [0.25, 0.3) is 0 Å². The molecule has 0 aliphatic carbocycles. The largest absolute Gasteiger partial charge is 0.493 e. The molecule has 5 heteroatoms. The lowest BCUT2D eigenvalue weighted by Crippen LogP contribution is -2.15. The summed E-state index contributed by atoms with van der Waals surface area (Å²) in [6, 6.07) is 15.6. The van der Waals surface area contributed by atoms with Crippen LogP contribution in [0.2, 0.25) is 0 Å². The van der Waals surface area contributed by atoms with Gasteiger partial charge in [0, 0.05) is 11.7 Å². The molecular formula is C19H21N3O2. The Bertz CT molecular complexity index is 825. The molecule has 1 N–H and O–H groups in total. The van der Waals surface area contributed by atoms with E-state index in [4.69, 9.17) is 4.74 Å². The standard InChI is InChI=1S/C19H21N3O2/c1-14(2)22-13-20-17-12-15(8-9-18(17)22)21-19(23)10-11-24-16-6-4-3-5-7-16/h3-9,12-14H,10-11H2,1-2H3,(H,21,23). The molecule has 1 heterocycles. The number of ether oxygens (including phenoxy) is 1. The molecule has 3 rings (SSSR count). The van der Waals surface area contributed by atoms with E-state index in [9.17, 15) is 4.79 Å². The molecule has 3 aromatic rings. The first-order valence-corrected chi connectivity index (χ1v) is 8.08. The Morgan fingerprint density at radius 2 is 2.00 bits per heavy atom. The van der Waals surface area contributed by atoms with Crippen LogP contribution in [0.25, 0.3) is 11.0 Å². The van der Waals surface area contributed by atoms with Crippen LogP contribution in [0.4, 0.5) is 5.69 Å². The number of hydrogen-bond donors (Lipinski definition) is 1. The minimum Gasteiger partial charge on any atom is -0.493 e. The van der Waals surface area contributed by atoms with Crippen molar-refractivity contribution in [1.29, 1.82) is 0 Å². The highest BCUT2D eigenvalue weighted by Gasteiger charge is 2.08. The zero-order valence-corrected chi connectivity index (χ0v) is 13.9. The van der Waals surface area contributed by atoms with E-state index in [0.717, 1.165) is 22.5 Å². The summed E-state index contributed by atoms with van der Waals surface area (Å²) in [5, 5.41) is 2.89. The van der Waals surface area contributed by atoms with Crippen LogP contribution >= 0.6 is 0 Å². The molecule has 1 aromatic heterocycles. The number of rotatable bonds is 6. The minimum atomic E-state index is -0.0754. The summed E-state index contributed by atoms with van der Waals surface area (Å²) in [4.78, 5) is 16.4. The van der Waals surface area contributed by atoms with E-state index in [1.807, 2.05) is 54.9 Å². The molecule has 0 radical (unpaired) electrons. The van der Waals surface area contributed by atoms with Crippen molar-refractivity contribution in [1.82, 2.24) is 9.55 Å². The van der Waals surface area contributed by atoms with Crippen molar-refractivity contribution in [2.24, 2.45) is 0 Å². The molecule has 0 fully saturated rings. The first-order chi connectivity index (χ1) is 11.6. The van der Waals surface area contributed by atoms with Crippen LogP contribution < -0.4 is 10.1 Å². The summed E-state index contributed by atoms with van der Waals surface area (Å²) in [6.07, 6.45) is 2.13. The monoisotopic (exact) mass is 323 g/mol. The summed E-state index contributed by atoms with van der Waals surface area (Å²) in [7, 11) is 0. The topological polar surface area (TPSA) is 56.2 Å². The molecule has 24 heavy (non-hydrogen) atoms. The fourth-order valence-electron chi connectivity index (χ4n) is 2.52. The zero-order chi connectivity index (χ0) is 16.9. The second-order valence-corrected chi connectivity index (χ2v) is 5.91. The molecule has 0 saturated heterocycles. The molecule has 0 bridgehead atoms. The summed E-state index contributed by atoms with van der Waals surface area (Å²) in [5.74, 6) is 0.694. The average Bonchev–Trinajstić information content (AvgIpc) is 2.99. The van der Waals surface area contributed by atoms with Crippen molar-refractivity contribution >= 4 is 22.6 Å². The highest BCUT2D eigenvalue weighted by atomic mass is 16.5. The van der Waals surface area contributed by atoms with Crippen LogP contribution in [-0.4, -0.2) is 22.1 Å². The maximum Gasteiger partial charge on any atom is 0.227 e. The number of aromatic nitrogens is 2. The predicted octanol–water partition coefficient (Wildman–Crippen LogP) is 4.02. The second-order valence-electron chi connectivity index (χ2n) is 5.91. The fraction of sp³-hybridized carbons (Fsp3) is 0.263. The van der Waals surface area contributed by atoms with Gasteiger partial charge in [-0.2, -0.15) is 0 Å². The smallest absolute Gasteiger partial charge is 0.227 e. The van der Waals surface area contributed by atoms with E-state index in [1.165, 1.54) is 0 Å². The summed E-state index contributed by atoms with van der Waals surface area (Å²) in [6.45, 7) is 4.58. The van der Waals surface area contributed by atoms with Gasteiger partial charge in [-0.3, -0.25) is 4.79 Å². The fourth-order valence-corrected chi connectivity index (χ4v) is 2.52. The first-order valence-electron chi connectivity index (χ1n) is 8.08. The molecule has 1 amide bonds. The minimum absolute atomic E-state index is 0.0754. The van der Waals surface area contributed by atoms with Gasteiger partial charge in [0.15, 0.2) is 0 Å². The number of amides is 1. The third kappa shape index (κ3) is 3.74. The maximum absolute atomic E-state index is 12.0. The number of carbonyl (C=O) groups is 1. The Balaban J connectivity index is 1.57. The Labute approximate surface area is 141 Å². The van der Waals surface area contributed by atoms with Gasteiger partial charge in [-0.15, -0.1) is 0 Å². The normalized spacial score (nSPS) is 11.0. The lowest BCUT2D eigenvalue weighted by molar-refractivity contribution is -0.116. The van der Waals surface area contributed by atoms with Gasteiger partial charge in [-0.05, 0) is 44.2 Å². The zero-order valence-electron chi connectivity index (χ0n) is 13.9. The van der Waals surface area contributed by atoms with Gasteiger partial charge in [0.2, 0.25) is 5.91 Å². The highest BCUT2D eigenvalue weighted by molar-refractivity contribution is 5.93. The quantitative estimate of drug-likeness (QED) is 0.745. The number of imidazole rings is 1. The second kappa shape index (κ2) is 7.17. The summed E-state index contributed by atoms with van der Waals surface area (Å²) in [5.41, 5.74) is 2.69. The number of para-hydroxylation sites is 1. The Morgan fingerprint density at radius 1 is 1.21 bits per heavy atom. The van der Waals surface area contributed by atoms with Crippen molar-refractivity contribution in [2.45, 2.75) is 26.3 Å². The Hall–Kier alpha value is -2.82. The molecule has 0 aliphatic rings. The number of nitrogens with one attached hydrogen (secondary N) is 1. The van der Waals surface area contributed by atoms with Gasteiger partial charge >= 0.3 is 0 Å².